The van der Waals surface area contributed by atoms with Crippen LogP contribution in [0.5, 0.6) is 0 Å². The third-order valence-electron chi connectivity index (χ3n) is 2.90. The van der Waals surface area contributed by atoms with Gasteiger partial charge in [-0.25, -0.2) is 0 Å². The largest absolute Gasteiger partial charge is 0.343 e. The number of aromatic nitrogens is 4. The van der Waals surface area contributed by atoms with Gasteiger partial charge in [0, 0.05) is 13.0 Å². The number of imidazole rings is 1. The molecule has 1 aromatic carbocycles. The molecule has 0 spiro atoms. The second-order valence-electron chi connectivity index (χ2n) is 3.99. The summed E-state index contributed by atoms with van der Waals surface area (Å²) in [5.41, 5.74) is 2.26. The number of hydrogen-bond acceptors (Lipinski definition) is 5. The van der Waals surface area contributed by atoms with Crippen LogP contribution in [-0.4, -0.2) is 19.7 Å². The van der Waals surface area contributed by atoms with E-state index >= 15 is 0 Å². The van der Waals surface area contributed by atoms with E-state index in [9.17, 15) is 0 Å². The molecule has 3 aromatic rings. The van der Waals surface area contributed by atoms with Crippen molar-refractivity contribution in [1.29, 1.82) is 5.26 Å². The second-order valence-corrected chi connectivity index (χ2v) is 4.38. The van der Waals surface area contributed by atoms with Gasteiger partial charge in [0.25, 0.3) is 0 Å². The van der Waals surface area contributed by atoms with Crippen molar-refractivity contribution in [3.63, 3.8) is 0 Å². The molecule has 6 nitrogen and oxygen atoms in total. The molecule has 0 amide bonds. The first-order valence-electron chi connectivity index (χ1n) is 5.66. The molecular weight excluding hydrogens is 262 g/mol. The fourth-order valence-electron chi connectivity index (χ4n) is 2.01. The van der Waals surface area contributed by atoms with Crippen molar-refractivity contribution in [1.82, 2.24) is 19.7 Å². The van der Waals surface area contributed by atoms with Gasteiger partial charge in [-0.1, -0.05) is 11.2 Å². The van der Waals surface area contributed by atoms with Crippen LogP contribution in [0.25, 0.3) is 11.0 Å². The Balaban J connectivity index is 2.02. The van der Waals surface area contributed by atoms with Crippen LogP contribution in [0, 0.1) is 16.1 Å². The Hall–Kier alpha value is -2.46. The molecular formula is C12H9N5OS. The summed E-state index contributed by atoms with van der Waals surface area (Å²) in [4.78, 5) is 7.04. The Bertz CT molecular complexity index is 809. The first-order valence-corrected chi connectivity index (χ1v) is 6.07. The summed E-state index contributed by atoms with van der Waals surface area (Å²) in [6, 6.07) is 7.68. The average Bonchev–Trinajstić information content (AvgIpc) is 3.03. The highest BCUT2D eigenvalue weighted by molar-refractivity contribution is 7.71. The average molecular weight is 271 g/mol. The van der Waals surface area contributed by atoms with Gasteiger partial charge in [0.1, 0.15) is 6.07 Å². The van der Waals surface area contributed by atoms with E-state index in [1.54, 1.807) is 6.07 Å². The number of aromatic amines is 1. The highest BCUT2D eigenvalue weighted by atomic mass is 32.1. The van der Waals surface area contributed by atoms with Crippen molar-refractivity contribution in [3.8, 4) is 6.07 Å². The maximum absolute atomic E-state index is 9.07. The number of H-pyrrole nitrogens is 1. The van der Waals surface area contributed by atoms with Gasteiger partial charge in [-0.2, -0.15) is 10.2 Å². The Kier molecular flexibility index (Phi) is 2.85. The van der Waals surface area contributed by atoms with Crippen LogP contribution in [0.2, 0.25) is 0 Å². The highest BCUT2D eigenvalue weighted by Crippen LogP contribution is 2.18. The zero-order chi connectivity index (χ0) is 13.2. The molecule has 3 rings (SSSR count). The topological polar surface area (TPSA) is 83.4 Å². The van der Waals surface area contributed by atoms with E-state index in [0.29, 0.717) is 29.1 Å². The standard InChI is InChI=1S/C12H9N5OS/c13-6-8-2-1-3-9-11(8)15-12(19)17(9)5-4-10-14-7-18-16-10/h1-3,7H,4-5H2,(H,15,19). The summed E-state index contributed by atoms with van der Waals surface area (Å²) in [6.07, 6.45) is 1.92. The number of nitriles is 1. The van der Waals surface area contributed by atoms with Gasteiger partial charge in [-0.05, 0) is 24.4 Å². The van der Waals surface area contributed by atoms with Crippen molar-refractivity contribution in [2.45, 2.75) is 13.0 Å². The van der Waals surface area contributed by atoms with Crippen LogP contribution in [0.1, 0.15) is 11.4 Å². The van der Waals surface area contributed by atoms with Gasteiger partial charge in [-0.15, -0.1) is 0 Å². The molecule has 0 aliphatic carbocycles. The van der Waals surface area contributed by atoms with Crippen molar-refractivity contribution in [2.75, 3.05) is 0 Å². The van der Waals surface area contributed by atoms with Crippen LogP contribution in [0.3, 0.4) is 0 Å². The number of nitrogens with zero attached hydrogens (tertiary/aromatic N) is 4. The summed E-state index contributed by atoms with van der Waals surface area (Å²) in [7, 11) is 0. The molecule has 94 valence electrons. The Morgan fingerprint density at radius 1 is 1.47 bits per heavy atom. The minimum atomic E-state index is 0.584. The molecule has 2 heterocycles. The monoisotopic (exact) mass is 271 g/mol. The molecule has 19 heavy (non-hydrogen) atoms. The van der Waals surface area contributed by atoms with Crippen molar-refractivity contribution >= 4 is 23.3 Å². The van der Waals surface area contributed by atoms with Crippen LogP contribution in [0.4, 0.5) is 0 Å². The van der Waals surface area contributed by atoms with Crippen molar-refractivity contribution < 1.29 is 4.52 Å². The summed E-state index contributed by atoms with van der Waals surface area (Å²) in [6.45, 7) is 0.632. The maximum atomic E-state index is 9.07. The van der Waals surface area contributed by atoms with Gasteiger partial charge >= 0.3 is 0 Å². The van der Waals surface area contributed by atoms with Gasteiger partial charge in [0.15, 0.2) is 10.6 Å². The van der Waals surface area contributed by atoms with Gasteiger partial charge in [0.05, 0.1) is 16.6 Å². The van der Waals surface area contributed by atoms with Gasteiger partial charge < -0.3 is 14.1 Å². The third-order valence-corrected chi connectivity index (χ3v) is 3.22. The van der Waals surface area contributed by atoms with Gasteiger partial charge in [0.2, 0.25) is 6.39 Å². The molecule has 0 radical (unpaired) electrons. The molecule has 7 heteroatoms. The molecule has 0 aliphatic heterocycles. The Morgan fingerprint density at radius 3 is 3.11 bits per heavy atom. The molecule has 0 unspecified atom stereocenters. The third kappa shape index (κ3) is 2.02. The summed E-state index contributed by atoms with van der Waals surface area (Å²) >= 11 is 5.29. The van der Waals surface area contributed by atoms with Crippen LogP contribution < -0.4 is 0 Å². The van der Waals surface area contributed by atoms with Crippen LogP contribution in [0.15, 0.2) is 29.1 Å². The second kappa shape index (κ2) is 4.66. The first-order chi connectivity index (χ1) is 9.29. The molecule has 0 fully saturated rings. The first kappa shape index (κ1) is 11.6. The molecule has 0 saturated carbocycles. The molecule has 0 atom stereocenters. The predicted octanol–water partition coefficient (Wildman–Crippen LogP) is 2.20. The van der Waals surface area contributed by atoms with Crippen LogP contribution >= 0.6 is 12.2 Å². The lowest BCUT2D eigenvalue weighted by atomic mass is 10.2. The maximum Gasteiger partial charge on any atom is 0.213 e. The van der Waals surface area contributed by atoms with E-state index in [-0.39, 0.29) is 0 Å². The lowest BCUT2D eigenvalue weighted by Gasteiger charge is -2.02. The number of para-hydroxylation sites is 1. The number of fused-ring (bicyclic) bond motifs is 1. The zero-order valence-corrected chi connectivity index (χ0v) is 10.6. The Labute approximate surface area is 113 Å². The van der Waals surface area contributed by atoms with E-state index < -0.39 is 0 Å². The number of aryl methyl sites for hydroxylation is 2. The lowest BCUT2D eigenvalue weighted by Crippen LogP contribution is -2.02. The normalized spacial score (nSPS) is 10.7. The van der Waals surface area contributed by atoms with E-state index in [4.69, 9.17) is 22.0 Å². The zero-order valence-electron chi connectivity index (χ0n) is 9.83. The summed E-state index contributed by atoms with van der Waals surface area (Å²) in [5, 5.41) is 12.8. The van der Waals surface area contributed by atoms with E-state index in [1.165, 1.54) is 6.39 Å². The van der Waals surface area contributed by atoms with Gasteiger partial charge in [-0.3, -0.25) is 0 Å². The SMILES string of the molecule is N#Cc1cccc2c1[nH]c(=S)n2CCc1ncon1. The molecule has 0 bridgehead atoms. The number of rotatable bonds is 3. The predicted molar refractivity (Wildman–Crippen MR) is 69.8 cm³/mol. The number of hydrogen-bond donors (Lipinski definition) is 1. The minimum Gasteiger partial charge on any atom is -0.343 e. The summed E-state index contributed by atoms with van der Waals surface area (Å²) in [5.74, 6) is 0.632. The number of nitrogens with one attached hydrogen (secondary N) is 1. The fourth-order valence-corrected chi connectivity index (χ4v) is 2.30. The van der Waals surface area contributed by atoms with Crippen molar-refractivity contribution in [2.24, 2.45) is 0 Å². The lowest BCUT2D eigenvalue weighted by molar-refractivity contribution is 0.408. The smallest absolute Gasteiger partial charge is 0.213 e. The van der Waals surface area contributed by atoms with Crippen LogP contribution in [-0.2, 0) is 13.0 Å². The van der Waals surface area contributed by atoms with E-state index in [0.717, 1.165) is 11.0 Å². The fraction of sp³-hybridized carbons (Fsp3) is 0.167. The minimum absolute atomic E-state index is 0.584. The molecule has 0 aliphatic rings. The number of benzene rings is 1. The summed E-state index contributed by atoms with van der Waals surface area (Å²) < 4.78 is 7.21. The van der Waals surface area contributed by atoms with E-state index in [1.807, 2.05) is 16.7 Å². The molecule has 2 aromatic heterocycles. The molecule has 0 saturated heterocycles. The highest BCUT2D eigenvalue weighted by Gasteiger charge is 2.09. The Morgan fingerprint density at radius 2 is 2.37 bits per heavy atom. The quantitative estimate of drug-likeness (QED) is 0.738. The van der Waals surface area contributed by atoms with E-state index in [2.05, 4.69) is 21.2 Å². The van der Waals surface area contributed by atoms with Crippen molar-refractivity contribution in [3.05, 3.63) is 40.8 Å². The molecule has 1 N–H and O–H groups in total.